The molecular weight excluding hydrogens is 313 g/mol. The first-order chi connectivity index (χ1) is 9.15. The Labute approximate surface area is 118 Å². The molecule has 0 aliphatic heterocycles. The van der Waals surface area contributed by atoms with E-state index in [1.165, 1.54) is 12.1 Å². The molecule has 2 N–H and O–H groups in total. The zero-order valence-electron chi connectivity index (χ0n) is 10.1. The Morgan fingerprint density at radius 2 is 2.21 bits per heavy atom. The van der Waals surface area contributed by atoms with E-state index in [0.717, 1.165) is 23.7 Å². The lowest BCUT2D eigenvalue weighted by Crippen LogP contribution is -2.22. The minimum Gasteiger partial charge on any atom is -0.339 e. The summed E-state index contributed by atoms with van der Waals surface area (Å²) in [6.07, 6.45) is 3.02. The number of nitrogens with two attached hydrogens (primary N) is 1. The molecule has 4 nitrogen and oxygen atoms in total. The zero-order chi connectivity index (χ0) is 13.4. The maximum Gasteiger partial charge on any atom is 0.231 e. The highest BCUT2D eigenvalue weighted by molar-refractivity contribution is 9.10. The van der Waals surface area contributed by atoms with Crippen LogP contribution in [-0.4, -0.2) is 16.2 Å². The molecule has 1 aromatic heterocycles. The minimum atomic E-state index is -0.331. The van der Waals surface area contributed by atoms with Crippen LogP contribution in [0.1, 0.15) is 31.1 Å². The molecule has 3 rings (SSSR count). The Morgan fingerprint density at radius 1 is 1.37 bits per heavy atom. The molecule has 1 aromatic carbocycles. The van der Waals surface area contributed by atoms with Gasteiger partial charge >= 0.3 is 0 Å². The Hall–Kier alpha value is -1.27. The molecule has 0 radical (unpaired) electrons. The van der Waals surface area contributed by atoms with Crippen LogP contribution >= 0.6 is 15.9 Å². The lowest BCUT2D eigenvalue weighted by Gasteiger charge is -2.08. The summed E-state index contributed by atoms with van der Waals surface area (Å²) >= 11 is 3.36. The molecule has 19 heavy (non-hydrogen) atoms. The van der Waals surface area contributed by atoms with Crippen molar-refractivity contribution in [3.8, 4) is 11.4 Å². The number of hydrogen-bond donors (Lipinski definition) is 1. The predicted octanol–water partition coefficient (Wildman–Crippen LogP) is 3.23. The average Bonchev–Trinajstić information content (AvgIpc) is 3.00. The summed E-state index contributed by atoms with van der Waals surface area (Å²) in [7, 11) is 0. The summed E-state index contributed by atoms with van der Waals surface area (Å²) < 4.78 is 19.3. The lowest BCUT2D eigenvalue weighted by atomic mass is 10.1. The standard InChI is InChI=1S/C13H13BrFN3O/c14-10-5-4-7(15)6-9(10)12-17-13(19-18-12)8-2-1-3-11(8)16/h4-6,8,11H,1-3,16H2. The topological polar surface area (TPSA) is 64.9 Å². The molecule has 1 fully saturated rings. The third kappa shape index (κ3) is 2.42. The highest BCUT2D eigenvalue weighted by atomic mass is 79.9. The van der Waals surface area contributed by atoms with Gasteiger partial charge in [0, 0.05) is 16.1 Å². The van der Waals surface area contributed by atoms with Crippen LogP contribution in [-0.2, 0) is 0 Å². The Kier molecular flexibility index (Phi) is 3.36. The van der Waals surface area contributed by atoms with E-state index in [-0.39, 0.29) is 17.8 Å². The van der Waals surface area contributed by atoms with Crippen LogP contribution in [0.3, 0.4) is 0 Å². The van der Waals surface area contributed by atoms with Crippen molar-refractivity contribution < 1.29 is 8.91 Å². The lowest BCUT2D eigenvalue weighted by molar-refractivity contribution is 0.345. The van der Waals surface area contributed by atoms with Crippen molar-refractivity contribution in [2.75, 3.05) is 0 Å². The second kappa shape index (κ2) is 5.02. The predicted molar refractivity (Wildman–Crippen MR) is 72.0 cm³/mol. The van der Waals surface area contributed by atoms with Crippen LogP contribution in [0.5, 0.6) is 0 Å². The molecular formula is C13H13BrFN3O. The second-order valence-corrected chi connectivity index (χ2v) is 5.64. The van der Waals surface area contributed by atoms with Crippen molar-refractivity contribution in [3.63, 3.8) is 0 Å². The van der Waals surface area contributed by atoms with Gasteiger partial charge in [-0.3, -0.25) is 0 Å². The van der Waals surface area contributed by atoms with Crippen LogP contribution in [0.2, 0.25) is 0 Å². The van der Waals surface area contributed by atoms with Crippen molar-refractivity contribution in [2.24, 2.45) is 5.73 Å². The molecule has 2 unspecified atom stereocenters. The zero-order valence-corrected chi connectivity index (χ0v) is 11.7. The monoisotopic (exact) mass is 325 g/mol. The Bertz CT molecular complexity index is 601. The fraction of sp³-hybridized carbons (Fsp3) is 0.385. The maximum atomic E-state index is 13.3. The molecule has 0 spiro atoms. The van der Waals surface area contributed by atoms with E-state index in [9.17, 15) is 4.39 Å². The first-order valence-corrected chi connectivity index (χ1v) is 6.99. The van der Waals surface area contributed by atoms with Crippen LogP contribution in [0, 0.1) is 5.82 Å². The minimum absolute atomic E-state index is 0.0734. The van der Waals surface area contributed by atoms with Gasteiger partial charge in [0.15, 0.2) is 0 Å². The summed E-state index contributed by atoms with van der Waals surface area (Å²) in [5.74, 6) is 0.729. The molecule has 1 heterocycles. The van der Waals surface area contributed by atoms with E-state index < -0.39 is 0 Å². The quantitative estimate of drug-likeness (QED) is 0.920. The van der Waals surface area contributed by atoms with Gasteiger partial charge in [0.1, 0.15) is 5.82 Å². The second-order valence-electron chi connectivity index (χ2n) is 4.78. The first kappa shape index (κ1) is 12.7. The number of nitrogens with zero attached hydrogens (tertiary/aromatic N) is 2. The summed E-state index contributed by atoms with van der Waals surface area (Å²) in [5.41, 5.74) is 6.60. The molecule has 0 saturated heterocycles. The fourth-order valence-corrected chi connectivity index (χ4v) is 2.88. The van der Waals surface area contributed by atoms with Gasteiger partial charge in [-0.1, -0.05) is 27.5 Å². The molecule has 1 aliphatic rings. The van der Waals surface area contributed by atoms with Crippen molar-refractivity contribution in [2.45, 2.75) is 31.2 Å². The molecule has 2 aromatic rings. The number of benzene rings is 1. The molecule has 1 saturated carbocycles. The van der Waals surface area contributed by atoms with Crippen LogP contribution in [0.25, 0.3) is 11.4 Å². The Balaban J connectivity index is 1.94. The van der Waals surface area contributed by atoms with E-state index in [0.29, 0.717) is 17.3 Å². The van der Waals surface area contributed by atoms with Gasteiger partial charge in [-0.05, 0) is 31.0 Å². The molecule has 6 heteroatoms. The van der Waals surface area contributed by atoms with Crippen LogP contribution in [0.15, 0.2) is 27.2 Å². The largest absolute Gasteiger partial charge is 0.339 e. The first-order valence-electron chi connectivity index (χ1n) is 6.20. The summed E-state index contributed by atoms with van der Waals surface area (Å²) in [4.78, 5) is 4.36. The molecule has 0 bridgehead atoms. The summed E-state index contributed by atoms with van der Waals surface area (Å²) in [5, 5.41) is 3.93. The van der Waals surface area contributed by atoms with Gasteiger partial charge in [0.2, 0.25) is 11.7 Å². The summed E-state index contributed by atoms with van der Waals surface area (Å²) in [6.45, 7) is 0. The highest BCUT2D eigenvalue weighted by Crippen LogP contribution is 2.34. The van der Waals surface area contributed by atoms with Gasteiger partial charge < -0.3 is 10.3 Å². The van der Waals surface area contributed by atoms with Crippen molar-refractivity contribution in [3.05, 3.63) is 34.4 Å². The summed E-state index contributed by atoms with van der Waals surface area (Å²) in [6, 6.07) is 4.46. The number of hydrogen-bond acceptors (Lipinski definition) is 4. The number of rotatable bonds is 2. The third-order valence-corrected chi connectivity index (χ3v) is 4.19. The third-order valence-electron chi connectivity index (χ3n) is 3.50. The van der Waals surface area contributed by atoms with E-state index in [1.54, 1.807) is 6.07 Å². The van der Waals surface area contributed by atoms with Gasteiger partial charge in [-0.25, -0.2) is 4.39 Å². The normalized spacial score (nSPS) is 22.9. The maximum absolute atomic E-state index is 13.3. The van der Waals surface area contributed by atoms with Crippen molar-refractivity contribution in [1.82, 2.24) is 10.1 Å². The van der Waals surface area contributed by atoms with Crippen molar-refractivity contribution in [1.29, 1.82) is 0 Å². The molecule has 2 atom stereocenters. The number of aromatic nitrogens is 2. The van der Waals surface area contributed by atoms with Gasteiger partial charge in [0.25, 0.3) is 0 Å². The average molecular weight is 326 g/mol. The molecule has 0 amide bonds. The van der Waals surface area contributed by atoms with E-state index >= 15 is 0 Å². The Morgan fingerprint density at radius 3 is 2.95 bits per heavy atom. The van der Waals surface area contributed by atoms with Crippen molar-refractivity contribution >= 4 is 15.9 Å². The van der Waals surface area contributed by atoms with Gasteiger partial charge in [0.05, 0.1) is 5.92 Å². The molecule has 100 valence electrons. The van der Waals surface area contributed by atoms with E-state index in [1.807, 2.05) is 0 Å². The molecule has 1 aliphatic carbocycles. The van der Waals surface area contributed by atoms with E-state index in [4.69, 9.17) is 10.3 Å². The van der Waals surface area contributed by atoms with Gasteiger partial charge in [-0.15, -0.1) is 0 Å². The SMILES string of the molecule is NC1CCCC1c1nc(-c2cc(F)ccc2Br)no1. The van der Waals surface area contributed by atoms with Crippen LogP contribution < -0.4 is 5.73 Å². The van der Waals surface area contributed by atoms with Crippen LogP contribution in [0.4, 0.5) is 4.39 Å². The smallest absolute Gasteiger partial charge is 0.231 e. The number of halogens is 2. The van der Waals surface area contributed by atoms with E-state index in [2.05, 4.69) is 26.1 Å². The highest BCUT2D eigenvalue weighted by Gasteiger charge is 2.30. The fourth-order valence-electron chi connectivity index (χ4n) is 2.46. The van der Waals surface area contributed by atoms with Gasteiger partial charge in [-0.2, -0.15) is 4.98 Å².